The summed E-state index contributed by atoms with van der Waals surface area (Å²) in [7, 11) is 1.53. The zero-order valence-corrected chi connectivity index (χ0v) is 14.2. The number of benzene rings is 1. The van der Waals surface area contributed by atoms with Gasteiger partial charge in [-0.25, -0.2) is 0 Å². The van der Waals surface area contributed by atoms with Gasteiger partial charge < -0.3 is 9.72 Å². The Morgan fingerprint density at radius 1 is 1.35 bits per heavy atom. The zero-order chi connectivity index (χ0) is 16.4. The first-order valence-corrected chi connectivity index (χ1v) is 8.64. The molecule has 3 rings (SSSR count). The Bertz CT molecular complexity index is 844. The fraction of sp³-hybridized carbons (Fsp3) is 0.176. The Morgan fingerprint density at radius 3 is 2.83 bits per heavy atom. The number of ketones is 1. The number of rotatable bonds is 5. The molecule has 3 aromatic rings. The predicted molar refractivity (Wildman–Crippen MR) is 95.2 cm³/mol. The molecule has 1 aromatic carbocycles. The van der Waals surface area contributed by atoms with Gasteiger partial charge in [0.05, 0.1) is 11.4 Å². The Balaban J connectivity index is 2.26. The highest BCUT2D eigenvalue weighted by Crippen LogP contribution is 2.34. The van der Waals surface area contributed by atoms with E-state index in [1.807, 2.05) is 30.5 Å². The van der Waals surface area contributed by atoms with Crippen molar-refractivity contribution in [2.75, 3.05) is 13.4 Å². The average Bonchev–Trinajstić information content (AvgIpc) is 2.95. The number of carbonyl (C=O) groups is 1. The van der Waals surface area contributed by atoms with Gasteiger partial charge in [-0.15, -0.1) is 11.8 Å². The number of H-pyrrole nitrogens is 1. The number of halogens is 1. The Kier molecular flexibility index (Phi) is 4.71. The second-order valence-corrected chi connectivity index (χ2v) is 6.28. The number of ether oxygens (including phenoxy) is 1. The summed E-state index contributed by atoms with van der Waals surface area (Å²) in [6.07, 6.45) is 3.55. The predicted octanol–water partition coefficient (Wildman–Crippen LogP) is 4.40. The summed E-state index contributed by atoms with van der Waals surface area (Å²) in [6.45, 7) is 0. The summed E-state index contributed by atoms with van der Waals surface area (Å²) in [5, 5.41) is 1.52. The molecule has 4 nitrogen and oxygen atoms in total. The van der Waals surface area contributed by atoms with Gasteiger partial charge in [-0.2, -0.15) is 0 Å². The molecule has 0 bridgehead atoms. The maximum atomic E-state index is 12.8. The molecule has 2 heterocycles. The number of thioether (sulfide) groups is 1. The minimum absolute atomic E-state index is 0.118. The molecule has 0 saturated carbocycles. The van der Waals surface area contributed by atoms with Gasteiger partial charge in [-0.05, 0) is 30.5 Å². The van der Waals surface area contributed by atoms with Crippen molar-refractivity contribution in [3.63, 3.8) is 0 Å². The lowest BCUT2D eigenvalue weighted by Crippen LogP contribution is -2.20. The lowest BCUT2D eigenvalue weighted by Gasteiger charge is -2.11. The van der Waals surface area contributed by atoms with Crippen molar-refractivity contribution in [3.8, 4) is 11.3 Å². The van der Waals surface area contributed by atoms with Crippen molar-refractivity contribution < 1.29 is 9.53 Å². The van der Waals surface area contributed by atoms with Crippen LogP contribution in [0.2, 0.25) is 5.02 Å². The van der Waals surface area contributed by atoms with Gasteiger partial charge >= 0.3 is 0 Å². The summed E-state index contributed by atoms with van der Waals surface area (Å²) in [5.41, 5.74) is 2.24. The van der Waals surface area contributed by atoms with Crippen LogP contribution in [-0.4, -0.2) is 34.6 Å². The van der Waals surface area contributed by atoms with Crippen molar-refractivity contribution >= 4 is 40.0 Å². The quantitative estimate of drug-likeness (QED) is 0.549. The van der Waals surface area contributed by atoms with E-state index in [0.717, 1.165) is 22.2 Å². The summed E-state index contributed by atoms with van der Waals surface area (Å²) in [4.78, 5) is 20.4. The number of hydrogen-bond acceptors (Lipinski definition) is 4. The molecule has 0 aliphatic carbocycles. The van der Waals surface area contributed by atoms with Crippen LogP contribution in [0.25, 0.3) is 22.2 Å². The largest absolute Gasteiger partial charge is 0.362 e. The minimum Gasteiger partial charge on any atom is -0.362 e. The van der Waals surface area contributed by atoms with Crippen LogP contribution in [-0.2, 0) is 4.74 Å². The minimum atomic E-state index is -0.569. The molecule has 0 aliphatic heterocycles. The fourth-order valence-electron chi connectivity index (χ4n) is 2.56. The van der Waals surface area contributed by atoms with Crippen molar-refractivity contribution in [2.24, 2.45) is 0 Å². The van der Waals surface area contributed by atoms with Gasteiger partial charge in [-0.3, -0.25) is 9.78 Å². The number of carbonyl (C=O) groups excluding carboxylic acids is 1. The first-order chi connectivity index (χ1) is 11.2. The number of Topliss-reactive ketones (excluding diaryl/α,β-unsaturated/α-hetero) is 1. The number of methoxy groups -OCH3 is 1. The maximum Gasteiger partial charge on any atom is 0.218 e. The van der Waals surface area contributed by atoms with Gasteiger partial charge in [0.25, 0.3) is 0 Å². The van der Waals surface area contributed by atoms with Gasteiger partial charge in [0.15, 0.2) is 5.44 Å². The van der Waals surface area contributed by atoms with E-state index in [9.17, 15) is 4.79 Å². The molecule has 118 valence electrons. The Labute approximate surface area is 143 Å². The summed E-state index contributed by atoms with van der Waals surface area (Å²) in [6, 6.07) is 11.1. The number of nitrogens with one attached hydrogen (secondary N) is 1. The molecule has 0 amide bonds. The third-order valence-corrected chi connectivity index (χ3v) is 4.64. The molecular formula is C17H15ClN2O2S. The molecule has 0 aliphatic rings. The maximum absolute atomic E-state index is 12.8. The average molecular weight is 347 g/mol. The number of fused-ring (bicyclic) bond motifs is 1. The van der Waals surface area contributed by atoms with Gasteiger partial charge in [0.2, 0.25) is 5.78 Å². The van der Waals surface area contributed by atoms with E-state index in [2.05, 4.69) is 9.97 Å². The molecule has 6 heteroatoms. The van der Waals surface area contributed by atoms with Crippen molar-refractivity contribution in [2.45, 2.75) is 5.44 Å². The molecule has 0 radical (unpaired) electrons. The summed E-state index contributed by atoms with van der Waals surface area (Å²) < 4.78 is 5.27. The monoisotopic (exact) mass is 346 g/mol. The Hall–Kier alpha value is -1.82. The number of pyridine rings is 1. The van der Waals surface area contributed by atoms with Crippen LogP contribution in [0.3, 0.4) is 0 Å². The van der Waals surface area contributed by atoms with Crippen molar-refractivity contribution in [1.82, 2.24) is 9.97 Å². The second kappa shape index (κ2) is 6.74. The fourth-order valence-corrected chi connectivity index (χ4v) is 3.26. The highest BCUT2D eigenvalue weighted by molar-refractivity contribution is 7.99. The highest BCUT2D eigenvalue weighted by Gasteiger charge is 2.26. The molecule has 1 atom stereocenters. The first-order valence-electron chi connectivity index (χ1n) is 6.98. The van der Waals surface area contributed by atoms with E-state index in [1.54, 1.807) is 18.3 Å². The number of hydrogen-bond donors (Lipinski definition) is 1. The normalized spacial score (nSPS) is 12.5. The SMILES string of the molecule is COC(SC)C(=O)c1[nH]c2cc(Cl)ccc2c1-c1ccccn1. The molecule has 0 spiro atoms. The highest BCUT2D eigenvalue weighted by atomic mass is 35.5. The Morgan fingerprint density at radius 2 is 2.17 bits per heavy atom. The molecular weight excluding hydrogens is 332 g/mol. The van der Waals surface area contributed by atoms with Crippen LogP contribution in [0.15, 0.2) is 42.6 Å². The second-order valence-electron chi connectivity index (χ2n) is 4.95. The molecule has 0 saturated heterocycles. The number of aromatic amines is 1. The topological polar surface area (TPSA) is 55.0 Å². The summed E-state index contributed by atoms with van der Waals surface area (Å²) in [5.74, 6) is -0.118. The lowest BCUT2D eigenvalue weighted by atomic mass is 10.0. The number of aromatic nitrogens is 2. The lowest BCUT2D eigenvalue weighted by molar-refractivity contribution is 0.0791. The molecule has 0 fully saturated rings. The van der Waals surface area contributed by atoms with Crippen LogP contribution in [0.4, 0.5) is 0 Å². The van der Waals surface area contributed by atoms with Crippen molar-refractivity contribution in [1.29, 1.82) is 0 Å². The smallest absolute Gasteiger partial charge is 0.218 e. The van der Waals surface area contributed by atoms with E-state index in [-0.39, 0.29) is 5.78 Å². The van der Waals surface area contributed by atoms with E-state index >= 15 is 0 Å². The van der Waals surface area contributed by atoms with E-state index in [1.165, 1.54) is 18.9 Å². The number of nitrogens with zero attached hydrogens (tertiary/aromatic N) is 1. The first kappa shape index (κ1) is 16.1. The van der Waals surface area contributed by atoms with Gasteiger partial charge in [0, 0.05) is 34.8 Å². The van der Waals surface area contributed by atoms with Crippen LogP contribution in [0, 0.1) is 0 Å². The van der Waals surface area contributed by atoms with Crippen LogP contribution >= 0.6 is 23.4 Å². The molecule has 1 N–H and O–H groups in total. The van der Waals surface area contributed by atoms with E-state index < -0.39 is 5.44 Å². The standard InChI is InChI=1S/C17H15ClN2O2S/c1-22-17(23-2)16(21)15-14(12-5-3-4-8-19-12)11-7-6-10(18)9-13(11)20-15/h3-9,17,20H,1-2H3. The third-order valence-electron chi connectivity index (χ3n) is 3.57. The van der Waals surface area contributed by atoms with E-state index in [4.69, 9.17) is 16.3 Å². The molecule has 2 aromatic heterocycles. The van der Waals surface area contributed by atoms with Crippen molar-refractivity contribution in [3.05, 3.63) is 53.3 Å². The molecule has 23 heavy (non-hydrogen) atoms. The zero-order valence-electron chi connectivity index (χ0n) is 12.7. The van der Waals surface area contributed by atoms with Gasteiger partial charge in [-0.1, -0.05) is 23.7 Å². The van der Waals surface area contributed by atoms with E-state index in [0.29, 0.717) is 10.7 Å². The third kappa shape index (κ3) is 3.00. The van der Waals surface area contributed by atoms with Crippen LogP contribution < -0.4 is 0 Å². The van der Waals surface area contributed by atoms with Crippen LogP contribution in [0.1, 0.15) is 10.5 Å². The van der Waals surface area contributed by atoms with Crippen LogP contribution in [0.5, 0.6) is 0 Å². The summed E-state index contributed by atoms with van der Waals surface area (Å²) >= 11 is 7.43. The van der Waals surface area contributed by atoms with Gasteiger partial charge in [0.1, 0.15) is 0 Å². The molecule has 1 unspecified atom stereocenters.